The number of hydrogen-bond donors (Lipinski definition) is 1. The van der Waals surface area contributed by atoms with E-state index in [9.17, 15) is 4.79 Å². The van der Waals surface area contributed by atoms with E-state index in [1.165, 1.54) is 26.4 Å². The summed E-state index contributed by atoms with van der Waals surface area (Å²) < 4.78 is 10.7. The van der Waals surface area contributed by atoms with Crippen molar-refractivity contribution >= 4 is 17.7 Å². The molecule has 0 radical (unpaired) electrons. The zero-order chi connectivity index (χ0) is 14.4. The van der Waals surface area contributed by atoms with Gasteiger partial charge in [-0.2, -0.15) is 11.8 Å². The molecule has 0 bridgehead atoms. The SMILES string of the molecule is CCNC1(C(=O)OC)CCCC(SCC2CCCO2)C1. The normalized spacial score (nSPS) is 34.1. The Balaban J connectivity index is 1.89. The molecule has 1 heterocycles. The summed E-state index contributed by atoms with van der Waals surface area (Å²) in [7, 11) is 1.49. The summed E-state index contributed by atoms with van der Waals surface area (Å²) >= 11 is 1.98. The van der Waals surface area contributed by atoms with E-state index < -0.39 is 5.54 Å². The molecule has 116 valence electrons. The Morgan fingerprint density at radius 2 is 2.30 bits per heavy atom. The number of thioether (sulfide) groups is 1. The third kappa shape index (κ3) is 3.89. The van der Waals surface area contributed by atoms with Gasteiger partial charge in [0.1, 0.15) is 5.54 Å². The summed E-state index contributed by atoms with van der Waals surface area (Å²) in [5.41, 5.74) is -0.462. The first-order valence-corrected chi connectivity index (χ1v) is 8.81. The topological polar surface area (TPSA) is 47.6 Å². The second-order valence-electron chi connectivity index (χ2n) is 5.79. The van der Waals surface area contributed by atoms with E-state index in [-0.39, 0.29) is 5.97 Å². The highest BCUT2D eigenvalue weighted by Gasteiger charge is 2.43. The smallest absolute Gasteiger partial charge is 0.326 e. The average molecular weight is 301 g/mol. The summed E-state index contributed by atoms with van der Waals surface area (Å²) in [6.45, 7) is 3.77. The van der Waals surface area contributed by atoms with Crippen molar-refractivity contribution in [3.63, 3.8) is 0 Å². The minimum Gasteiger partial charge on any atom is -0.468 e. The number of rotatable bonds is 6. The lowest BCUT2D eigenvalue weighted by atomic mass is 9.81. The maximum absolute atomic E-state index is 12.2. The Morgan fingerprint density at radius 3 is 2.95 bits per heavy atom. The van der Waals surface area contributed by atoms with Crippen LogP contribution in [0.3, 0.4) is 0 Å². The third-order valence-corrected chi connectivity index (χ3v) is 5.78. The molecule has 1 aliphatic carbocycles. The van der Waals surface area contributed by atoms with Crippen LogP contribution in [-0.2, 0) is 14.3 Å². The van der Waals surface area contributed by atoms with Gasteiger partial charge in [-0.25, -0.2) is 0 Å². The summed E-state index contributed by atoms with van der Waals surface area (Å²) in [6, 6.07) is 0. The van der Waals surface area contributed by atoms with Crippen molar-refractivity contribution in [1.82, 2.24) is 5.32 Å². The Kier molecular flexibility index (Phi) is 6.18. The molecule has 2 fully saturated rings. The van der Waals surface area contributed by atoms with Gasteiger partial charge in [0.25, 0.3) is 0 Å². The van der Waals surface area contributed by atoms with Gasteiger partial charge in [0, 0.05) is 17.6 Å². The molecule has 0 amide bonds. The van der Waals surface area contributed by atoms with E-state index in [4.69, 9.17) is 9.47 Å². The van der Waals surface area contributed by atoms with Crippen LogP contribution in [0.2, 0.25) is 0 Å². The third-order valence-electron chi connectivity index (χ3n) is 4.34. The van der Waals surface area contributed by atoms with Crippen LogP contribution in [0.5, 0.6) is 0 Å². The van der Waals surface area contributed by atoms with E-state index in [1.807, 2.05) is 18.7 Å². The van der Waals surface area contributed by atoms with Crippen molar-refractivity contribution in [3.8, 4) is 0 Å². The van der Waals surface area contributed by atoms with Gasteiger partial charge >= 0.3 is 5.97 Å². The lowest BCUT2D eigenvalue weighted by molar-refractivity contribution is -0.150. The van der Waals surface area contributed by atoms with Gasteiger partial charge in [0.05, 0.1) is 13.2 Å². The van der Waals surface area contributed by atoms with Crippen LogP contribution in [0.25, 0.3) is 0 Å². The molecule has 0 aromatic heterocycles. The summed E-state index contributed by atoms with van der Waals surface area (Å²) in [6.07, 6.45) is 6.87. The second-order valence-corrected chi connectivity index (χ2v) is 7.12. The standard InChI is InChI=1S/C15H27NO3S/c1-3-16-15(14(17)18-2)8-4-7-13(10-15)20-11-12-6-5-9-19-12/h12-13,16H,3-11H2,1-2H3. The maximum Gasteiger partial charge on any atom is 0.326 e. The van der Waals surface area contributed by atoms with Gasteiger partial charge < -0.3 is 14.8 Å². The number of nitrogens with one attached hydrogen (secondary N) is 1. The molecule has 3 atom stereocenters. The highest BCUT2D eigenvalue weighted by molar-refractivity contribution is 7.99. The lowest BCUT2D eigenvalue weighted by Crippen LogP contribution is -2.56. The molecule has 4 nitrogen and oxygen atoms in total. The molecular formula is C15H27NO3S. The van der Waals surface area contributed by atoms with E-state index in [1.54, 1.807) is 0 Å². The molecule has 1 saturated carbocycles. The largest absolute Gasteiger partial charge is 0.468 e. The zero-order valence-electron chi connectivity index (χ0n) is 12.7. The first-order valence-electron chi connectivity index (χ1n) is 7.77. The van der Waals surface area contributed by atoms with Gasteiger partial charge in [0.15, 0.2) is 0 Å². The highest BCUT2D eigenvalue weighted by atomic mass is 32.2. The van der Waals surface area contributed by atoms with Gasteiger partial charge in [-0.05, 0) is 45.1 Å². The molecule has 1 N–H and O–H groups in total. The molecular weight excluding hydrogens is 274 g/mol. The number of carbonyl (C=O) groups is 1. The Labute approximate surface area is 126 Å². The molecule has 0 aromatic rings. The Morgan fingerprint density at radius 1 is 1.45 bits per heavy atom. The van der Waals surface area contributed by atoms with Gasteiger partial charge in [-0.1, -0.05) is 6.92 Å². The number of esters is 1. The predicted octanol–water partition coefficient (Wildman–Crippen LogP) is 2.36. The van der Waals surface area contributed by atoms with Crippen LogP contribution in [0.4, 0.5) is 0 Å². The molecule has 3 unspecified atom stereocenters. The van der Waals surface area contributed by atoms with Crippen molar-refractivity contribution in [2.45, 2.75) is 62.3 Å². The fourth-order valence-electron chi connectivity index (χ4n) is 3.34. The van der Waals surface area contributed by atoms with Crippen molar-refractivity contribution in [2.75, 3.05) is 26.0 Å². The lowest BCUT2D eigenvalue weighted by Gasteiger charge is -2.39. The van der Waals surface area contributed by atoms with Gasteiger partial charge in [0.2, 0.25) is 0 Å². The van der Waals surface area contributed by atoms with Crippen LogP contribution >= 0.6 is 11.8 Å². The van der Waals surface area contributed by atoms with Gasteiger partial charge in [-0.3, -0.25) is 4.79 Å². The van der Waals surface area contributed by atoms with Crippen molar-refractivity contribution in [3.05, 3.63) is 0 Å². The molecule has 1 saturated heterocycles. The number of likely N-dealkylation sites (N-methyl/N-ethyl adjacent to an activating group) is 1. The van der Waals surface area contributed by atoms with Crippen LogP contribution in [0.1, 0.15) is 45.4 Å². The minimum atomic E-state index is -0.462. The molecule has 2 aliphatic rings. The quantitative estimate of drug-likeness (QED) is 0.763. The van der Waals surface area contributed by atoms with Crippen LogP contribution in [0.15, 0.2) is 0 Å². The first-order chi connectivity index (χ1) is 9.70. The predicted molar refractivity (Wildman–Crippen MR) is 82.1 cm³/mol. The fraction of sp³-hybridized carbons (Fsp3) is 0.933. The molecule has 5 heteroatoms. The number of ether oxygens (including phenoxy) is 2. The number of methoxy groups -OCH3 is 1. The summed E-state index contributed by atoms with van der Waals surface area (Å²) in [5.74, 6) is 0.968. The Bertz CT molecular complexity index is 316. The molecule has 1 aliphatic heterocycles. The zero-order valence-corrected chi connectivity index (χ0v) is 13.5. The van der Waals surface area contributed by atoms with Crippen molar-refractivity contribution in [1.29, 1.82) is 0 Å². The highest BCUT2D eigenvalue weighted by Crippen LogP contribution is 2.36. The van der Waals surface area contributed by atoms with Crippen LogP contribution < -0.4 is 5.32 Å². The van der Waals surface area contributed by atoms with E-state index >= 15 is 0 Å². The maximum atomic E-state index is 12.2. The van der Waals surface area contributed by atoms with Gasteiger partial charge in [-0.15, -0.1) is 0 Å². The van der Waals surface area contributed by atoms with E-state index in [0.717, 1.165) is 38.2 Å². The molecule has 0 spiro atoms. The summed E-state index contributed by atoms with van der Waals surface area (Å²) in [4.78, 5) is 12.2. The van der Waals surface area contributed by atoms with Crippen LogP contribution in [-0.4, -0.2) is 48.9 Å². The first kappa shape index (κ1) is 16.1. The molecule has 20 heavy (non-hydrogen) atoms. The monoisotopic (exact) mass is 301 g/mol. The molecule has 2 rings (SSSR count). The van der Waals surface area contributed by atoms with Crippen molar-refractivity contribution in [2.24, 2.45) is 0 Å². The fourth-order valence-corrected chi connectivity index (χ4v) is 4.82. The van der Waals surface area contributed by atoms with E-state index in [0.29, 0.717) is 11.4 Å². The van der Waals surface area contributed by atoms with E-state index in [2.05, 4.69) is 5.32 Å². The Hall–Kier alpha value is -0.260. The number of hydrogen-bond acceptors (Lipinski definition) is 5. The van der Waals surface area contributed by atoms with Crippen LogP contribution in [0, 0.1) is 0 Å². The number of carbonyl (C=O) groups excluding carboxylic acids is 1. The second kappa shape index (κ2) is 7.66. The minimum absolute atomic E-state index is 0.0956. The van der Waals surface area contributed by atoms with Crippen molar-refractivity contribution < 1.29 is 14.3 Å². The average Bonchev–Trinajstić information content (AvgIpc) is 2.98. The summed E-state index contributed by atoms with van der Waals surface area (Å²) in [5, 5.41) is 3.92. The molecule has 0 aromatic carbocycles.